The molecule has 0 spiro atoms. The summed E-state index contributed by atoms with van der Waals surface area (Å²) in [4.78, 5) is 0. The number of hydrogen-bond acceptors (Lipinski definition) is 2. The van der Waals surface area contributed by atoms with Gasteiger partial charge in [-0.1, -0.05) is 51.8 Å². The van der Waals surface area contributed by atoms with Gasteiger partial charge in [-0.2, -0.15) is 0 Å². The van der Waals surface area contributed by atoms with Gasteiger partial charge in [-0.05, 0) is 36.8 Å². The Balaban J connectivity index is 1.99. The van der Waals surface area contributed by atoms with E-state index in [-0.39, 0.29) is 6.10 Å². The number of hydrogen-bond donors (Lipinski definition) is 1. The minimum Gasteiger partial charge on any atom is -0.488 e. The first-order valence-electron chi connectivity index (χ1n) is 6.40. The zero-order chi connectivity index (χ0) is 14.5. The molecule has 2 unspecified atom stereocenters. The van der Waals surface area contributed by atoms with Gasteiger partial charge in [0.25, 0.3) is 0 Å². The van der Waals surface area contributed by atoms with E-state index in [0.717, 1.165) is 10.0 Å². The Morgan fingerprint density at radius 3 is 2.65 bits per heavy atom. The summed E-state index contributed by atoms with van der Waals surface area (Å²) < 4.78 is 6.71. The Morgan fingerprint density at radius 1 is 1.20 bits per heavy atom. The Hall–Kier alpha value is -1.03. The van der Waals surface area contributed by atoms with Crippen LogP contribution in [0, 0.1) is 0 Å². The molecule has 0 aromatic heterocycles. The van der Waals surface area contributed by atoms with Crippen molar-refractivity contribution in [3.8, 4) is 5.75 Å². The molecule has 0 aliphatic heterocycles. The molecule has 20 heavy (non-hydrogen) atoms. The minimum atomic E-state index is -0.590. The summed E-state index contributed by atoms with van der Waals surface area (Å²) in [5.41, 5.74) is 1.06. The molecule has 0 saturated heterocycles. The Labute approximate surface area is 132 Å². The Bertz CT molecular complexity index is 574. The van der Waals surface area contributed by atoms with Gasteiger partial charge in [-0.3, -0.25) is 0 Å². The number of benzene rings is 2. The largest absolute Gasteiger partial charge is 0.488 e. The van der Waals surface area contributed by atoms with Crippen LogP contribution in [0.3, 0.4) is 0 Å². The summed E-state index contributed by atoms with van der Waals surface area (Å²) >= 11 is 9.39. The smallest absolute Gasteiger partial charge is 0.122 e. The molecule has 4 heteroatoms. The van der Waals surface area contributed by atoms with Crippen LogP contribution < -0.4 is 4.74 Å². The van der Waals surface area contributed by atoms with Crippen LogP contribution in [0.4, 0.5) is 0 Å². The van der Waals surface area contributed by atoms with E-state index < -0.39 is 6.10 Å². The van der Waals surface area contributed by atoms with E-state index in [1.54, 1.807) is 12.1 Å². The van der Waals surface area contributed by atoms with Gasteiger partial charge < -0.3 is 9.84 Å². The van der Waals surface area contributed by atoms with Crippen LogP contribution in [0.1, 0.15) is 12.5 Å². The molecule has 0 amide bonds. The van der Waals surface area contributed by atoms with E-state index in [1.807, 2.05) is 43.3 Å². The summed E-state index contributed by atoms with van der Waals surface area (Å²) in [7, 11) is 0. The van der Waals surface area contributed by atoms with Crippen molar-refractivity contribution in [2.24, 2.45) is 0 Å². The molecule has 2 aromatic carbocycles. The fourth-order valence-electron chi connectivity index (χ4n) is 1.89. The standard InChI is InChI=1S/C16H16BrClO2/c1-11(20-14-7-4-6-13(18)10-14)16(19)9-12-5-2-3-8-15(12)17/h2-8,10-11,16,19H,9H2,1H3. The van der Waals surface area contributed by atoms with Crippen molar-refractivity contribution in [1.29, 1.82) is 0 Å². The second kappa shape index (κ2) is 7.11. The lowest BCUT2D eigenvalue weighted by atomic mass is 10.0. The van der Waals surface area contributed by atoms with Crippen molar-refractivity contribution in [3.05, 3.63) is 63.6 Å². The van der Waals surface area contributed by atoms with Gasteiger partial charge >= 0.3 is 0 Å². The fourth-order valence-corrected chi connectivity index (χ4v) is 2.52. The lowest BCUT2D eigenvalue weighted by molar-refractivity contribution is 0.0478. The highest BCUT2D eigenvalue weighted by Crippen LogP contribution is 2.22. The number of aliphatic hydroxyl groups is 1. The second-order valence-electron chi connectivity index (χ2n) is 4.64. The van der Waals surface area contributed by atoms with Crippen molar-refractivity contribution in [1.82, 2.24) is 0 Å². The molecule has 0 aliphatic rings. The highest BCUT2D eigenvalue weighted by Gasteiger charge is 2.17. The maximum atomic E-state index is 10.2. The minimum absolute atomic E-state index is 0.319. The predicted octanol–water partition coefficient (Wildman–Crippen LogP) is 4.47. The Morgan fingerprint density at radius 2 is 1.95 bits per heavy atom. The van der Waals surface area contributed by atoms with Crippen LogP contribution in [0.2, 0.25) is 5.02 Å². The molecule has 0 bridgehead atoms. The predicted molar refractivity (Wildman–Crippen MR) is 85.4 cm³/mol. The maximum absolute atomic E-state index is 10.2. The van der Waals surface area contributed by atoms with Crippen LogP contribution in [0.25, 0.3) is 0 Å². The highest BCUT2D eigenvalue weighted by molar-refractivity contribution is 9.10. The Kier molecular flexibility index (Phi) is 5.46. The number of ether oxygens (including phenoxy) is 1. The monoisotopic (exact) mass is 354 g/mol. The van der Waals surface area contributed by atoms with Crippen molar-refractivity contribution < 1.29 is 9.84 Å². The van der Waals surface area contributed by atoms with Crippen molar-refractivity contribution >= 4 is 27.5 Å². The molecule has 2 aromatic rings. The topological polar surface area (TPSA) is 29.5 Å². The van der Waals surface area contributed by atoms with Crippen LogP contribution in [0.15, 0.2) is 53.0 Å². The van der Waals surface area contributed by atoms with Crippen LogP contribution in [-0.2, 0) is 6.42 Å². The van der Waals surface area contributed by atoms with Gasteiger partial charge in [0.15, 0.2) is 0 Å². The van der Waals surface area contributed by atoms with Gasteiger partial charge in [0.2, 0.25) is 0 Å². The first kappa shape index (κ1) is 15.4. The molecule has 106 valence electrons. The number of rotatable bonds is 5. The molecule has 2 atom stereocenters. The molecule has 0 fully saturated rings. The molecular formula is C16H16BrClO2. The van der Waals surface area contributed by atoms with E-state index in [0.29, 0.717) is 17.2 Å². The number of halogens is 2. The molecular weight excluding hydrogens is 340 g/mol. The van der Waals surface area contributed by atoms with Gasteiger partial charge in [-0.25, -0.2) is 0 Å². The van der Waals surface area contributed by atoms with Gasteiger partial charge in [0, 0.05) is 15.9 Å². The van der Waals surface area contributed by atoms with E-state index in [2.05, 4.69) is 15.9 Å². The molecule has 0 aliphatic carbocycles. The van der Waals surface area contributed by atoms with Crippen LogP contribution in [-0.4, -0.2) is 17.3 Å². The quantitative estimate of drug-likeness (QED) is 0.857. The average molecular weight is 356 g/mol. The second-order valence-corrected chi connectivity index (χ2v) is 5.93. The molecule has 0 radical (unpaired) electrons. The van der Waals surface area contributed by atoms with Crippen molar-refractivity contribution in [2.45, 2.75) is 25.6 Å². The molecule has 1 N–H and O–H groups in total. The highest BCUT2D eigenvalue weighted by atomic mass is 79.9. The summed E-state index contributed by atoms with van der Waals surface area (Å²) in [5.74, 6) is 0.663. The SMILES string of the molecule is CC(Oc1cccc(Cl)c1)C(O)Cc1ccccc1Br. The van der Waals surface area contributed by atoms with Gasteiger partial charge in [0.1, 0.15) is 11.9 Å². The summed E-state index contributed by atoms with van der Waals surface area (Å²) in [6, 6.07) is 15.0. The third-order valence-electron chi connectivity index (χ3n) is 3.05. The first-order valence-corrected chi connectivity index (χ1v) is 7.57. The van der Waals surface area contributed by atoms with E-state index >= 15 is 0 Å². The fraction of sp³-hybridized carbons (Fsp3) is 0.250. The summed E-state index contributed by atoms with van der Waals surface area (Å²) in [6.07, 6.45) is -0.378. The van der Waals surface area contributed by atoms with Crippen LogP contribution >= 0.6 is 27.5 Å². The lowest BCUT2D eigenvalue weighted by Crippen LogP contribution is -2.30. The third kappa shape index (κ3) is 4.23. The molecule has 0 saturated carbocycles. The van der Waals surface area contributed by atoms with Crippen molar-refractivity contribution in [2.75, 3.05) is 0 Å². The zero-order valence-electron chi connectivity index (χ0n) is 11.1. The summed E-state index contributed by atoms with van der Waals surface area (Å²) in [6.45, 7) is 1.85. The maximum Gasteiger partial charge on any atom is 0.122 e. The van der Waals surface area contributed by atoms with Gasteiger partial charge in [0.05, 0.1) is 6.10 Å². The van der Waals surface area contributed by atoms with E-state index in [1.165, 1.54) is 0 Å². The molecule has 2 nitrogen and oxygen atoms in total. The van der Waals surface area contributed by atoms with Gasteiger partial charge in [-0.15, -0.1) is 0 Å². The van der Waals surface area contributed by atoms with Crippen molar-refractivity contribution in [3.63, 3.8) is 0 Å². The van der Waals surface area contributed by atoms with E-state index in [4.69, 9.17) is 16.3 Å². The molecule has 0 heterocycles. The lowest BCUT2D eigenvalue weighted by Gasteiger charge is -2.21. The average Bonchev–Trinajstić information content (AvgIpc) is 2.41. The summed E-state index contributed by atoms with van der Waals surface area (Å²) in [5, 5.41) is 10.9. The third-order valence-corrected chi connectivity index (χ3v) is 4.06. The normalized spacial score (nSPS) is 13.8. The molecule has 2 rings (SSSR count). The van der Waals surface area contributed by atoms with Crippen LogP contribution in [0.5, 0.6) is 5.75 Å². The first-order chi connectivity index (χ1) is 9.56. The number of aliphatic hydroxyl groups excluding tert-OH is 1. The van der Waals surface area contributed by atoms with E-state index in [9.17, 15) is 5.11 Å². The zero-order valence-corrected chi connectivity index (χ0v) is 13.4.